The number of anilines is 2. The summed E-state index contributed by atoms with van der Waals surface area (Å²) in [4.78, 5) is 35.6. The fraction of sp³-hybridized carbons (Fsp3) is 0.368. The van der Waals surface area contributed by atoms with Crippen LogP contribution in [0.3, 0.4) is 0 Å². The van der Waals surface area contributed by atoms with Gasteiger partial charge in [0.1, 0.15) is 11.6 Å². The predicted octanol–water partition coefficient (Wildman–Crippen LogP) is 2.93. The highest BCUT2D eigenvalue weighted by Gasteiger charge is 2.27. The van der Waals surface area contributed by atoms with Crippen LogP contribution in [0.2, 0.25) is 0 Å². The molecule has 0 aromatic carbocycles. The molecular formula is C19H22N4O2. The molecule has 6 nitrogen and oxygen atoms in total. The van der Waals surface area contributed by atoms with Crippen molar-refractivity contribution >= 4 is 23.5 Å². The highest BCUT2D eigenvalue weighted by molar-refractivity contribution is 6.01. The molecule has 130 valence electrons. The number of amides is 2. The molecule has 0 atom stereocenters. The summed E-state index contributed by atoms with van der Waals surface area (Å²) < 4.78 is 0. The smallest absolute Gasteiger partial charge is 0.229 e. The van der Waals surface area contributed by atoms with Gasteiger partial charge >= 0.3 is 0 Å². The Bertz CT molecular complexity index is 650. The maximum atomic E-state index is 11.6. The number of unbranched alkanes of at least 4 members (excludes halogenated alkanes) is 2. The van der Waals surface area contributed by atoms with E-state index in [4.69, 9.17) is 0 Å². The zero-order valence-electron chi connectivity index (χ0n) is 14.2. The molecule has 25 heavy (non-hydrogen) atoms. The molecule has 2 aromatic rings. The molecule has 2 aromatic heterocycles. The Labute approximate surface area is 147 Å². The third kappa shape index (κ3) is 4.41. The number of aromatic nitrogens is 2. The number of pyridine rings is 2. The third-order valence-electron chi connectivity index (χ3n) is 4.27. The van der Waals surface area contributed by atoms with Crippen LogP contribution < -0.4 is 4.90 Å². The van der Waals surface area contributed by atoms with Crippen LogP contribution in [-0.2, 0) is 9.59 Å². The van der Waals surface area contributed by atoms with Crippen LogP contribution in [0.4, 0.5) is 11.6 Å². The van der Waals surface area contributed by atoms with E-state index in [-0.39, 0.29) is 11.8 Å². The van der Waals surface area contributed by atoms with Crippen LogP contribution in [0.1, 0.15) is 32.1 Å². The molecule has 1 saturated heterocycles. The van der Waals surface area contributed by atoms with Gasteiger partial charge in [0, 0.05) is 38.3 Å². The van der Waals surface area contributed by atoms with E-state index in [1.807, 2.05) is 36.4 Å². The van der Waals surface area contributed by atoms with Gasteiger partial charge in [0.25, 0.3) is 0 Å². The lowest BCUT2D eigenvalue weighted by Gasteiger charge is -2.22. The Morgan fingerprint density at radius 2 is 1.44 bits per heavy atom. The molecule has 3 heterocycles. The maximum absolute atomic E-state index is 11.6. The van der Waals surface area contributed by atoms with Gasteiger partial charge in [0.15, 0.2) is 0 Å². The summed E-state index contributed by atoms with van der Waals surface area (Å²) in [7, 11) is 0. The van der Waals surface area contributed by atoms with Crippen molar-refractivity contribution in [3.05, 3.63) is 48.8 Å². The number of imide groups is 1. The van der Waals surface area contributed by atoms with E-state index >= 15 is 0 Å². The summed E-state index contributed by atoms with van der Waals surface area (Å²) in [6.45, 7) is 1.32. The van der Waals surface area contributed by atoms with Gasteiger partial charge in [0.2, 0.25) is 11.8 Å². The molecule has 0 unspecified atom stereocenters. The molecule has 2 amide bonds. The number of carbonyl (C=O) groups excluding carboxylic acids is 2. The Hall–Kier alpha value is -2.76. The van der Waals surface area contributed by atoms with Crippen LogP contribution in [0.15, 0.2) is 48.8 Å². The van der Waals surface area contributed by atoms with E-state index in [1.54, 1.807) is 12.4 Å². The van der Waals surface area contributed by atoms with Crippen molar-refractivity contribution in [1.82, 2.24) is 14.9 Å². The molecule has 1 aliphatic rings. The summed E-state index contributed by atoms with van der Waals surface area (Å²) in [5.74, 6) is 1.67. The Kier molecular flexibility index (Phi) is 5.72. The van der Waals surface area contributed by atoms with E-state index < -0.39 is 0 Å². The molecule has 6 heteroatoms. The zero-order chi connectivity index (χ0) is 17.5. The normalized spacial score (nSPS) is 14.2. The lowest BCUT2D eigenvalue weighted by atomic mass is 10.2. The van der Waals surface area contributed by atoms with Crippen molar-refractivity contribution in [3.8, 4) is 0 Å². The van der Waals surface area contributed by atoms with E-state index in [2.05, 4.69) is 14.9 Å². The number of rotatable bonds is 8. The lowest BCUT2D eigenvalue weighted by Crippen LogP contribution is -2.30. The SMILES string of the molecule is O=C1CCC(=O)N1CCCCCN(c1ccccn1)c1ccccn1. The molecule has 0 spiro atoms. The van der Waals surface area contributed by atoms with Gasteiger partial charge < -0.3 is 4.90 Å². The first-order chi connectivity index (χ1) is 12.3. The standard InChI is InChI=1S/C19H22N4O2/c24-18-10-11-19(25)23(18)15-7-1-6-14-22(16-8-2-4-12-20-16)17-9-3-5-13-21-17/h2-5,8-9,12-13H,1,6-7,10-11,14-15H2. The van der Waals surface area contributed by atoms with Crippen molar-refractivity contribution in [3.63, 3.8) is 0 Å². The molecular weight excluding hydrogens is 316 g/mol. The van der Waals surface area contributed by atoms with Crippen molar-refractivity contribution < 1.29 is 9.59 Å². The molecule has 0 bridgehead atoms. The highest BCUT2D eigenvalue weighted by atomic mass is 16.2. The van der Waals surface area contributed by atoms with Crippen LogP contribution in [-0.4, -0.2) is 39.8 Å². The lowest BCUT2D eigenvalue weighted by molar-refractivity contribution is -0.138. The summed E-state index contributed by atoms with van der Waals surface area (Å²) in [5, 5.41) is 0. The van der Waals surface area contributed by atoms with E-state index in [1.165, 1.54) is 4.90 Å². The van der Waals surface area contributed by atoms with Gasteiger partial charge in [0.05, 0.1) is 0 Å². The molecule has 0 saturated carbocycles. The molecule has 0 radical (unpaired) electrons. The topological polar surface area (TPSA) is 66.4 Å². The van der Waals surface area contributed by atoms with Crippen LogP contribution >= 0.6 is 0 Å². The first-order valence-corrected chi connectivity index (χ1v) is 8.68. The highest BCUT2D eigenvalue weighted by Crippen LogP contribution is 2.21. The molecule has 3 rings (SSSR count). The van der Waals surface area contributed by atoms with Gasteiger partial charge in [-0.3, -0.25) is 14.5 Å². The quantitative estimate of drug-likeness (QED) is 0.547. The van der Waals surface area contributed by atoms with Gasteiger partial charge in [-0.25, -0.2) is 9.97 Å². The number of nitrogens with zero attached hydrogens (tertiary/aromatic N) is 4. The molecule has 0 aliphatic carbocycles. The average molecular weight is 338 g/mol. The number of hydrogen-bond donors (Lipinski definition) is 0. The molecule has 1 aliphatic heterocycles. The van der Waals surface area contributed by atoms with Crippen molar-refractivity contribution in [2.24, 2.45) is 0 Å². The number of hydrogen-bond acceptors (Lipinski definition) is 5. The number of likely N-dealkylation sites (tertiary alicyclic amines) is 1. The Balaban J connectivity index is 1.53. The first kappa shape index (κ1) is 17.1. The minimum atomic E-state index is -0.0337. The maximum Gasteiger partial charge on any atom is 0.229 e. The van der Waals surface area contributed by atoms with Gasteiger partial charge in [-0.15, -0.1) is 0 Å². The second-order valence-corrected chi connectivity index (χ2v) is 6.03. The monoisotopic (exact) mass is 338 g/mol. The van der Waals surface area contributed by atoms with Crippen LogP contribution in [0.25, 0.3) is 0 Å². The summed E-state index contributed by atoms with van der Waals surface area (Å²) in [6.07, 6.45) is 6.98. The fourth-order valence-corrected chi connectivity index (χ4v) is 2.96. The van der Waals surface area contributed by atoms with E-state index in [0.29, 0.717) is 19.4 Å². The summed E-state index contributed by atoms with van der Waals surface area (Å²) in [5.41, 5.74) is 0. The van der Waals surface area contributed by atoms with Gasteiger partial charge in [-0.05, 0) is 43.5 Å². The second kappa shape index (κ2) is 8.37. The Morgan fingerprint density at radius 1 is 0.840 bits per heavy atom. The summed E-state index contributed by atoms with van der Waals surface area (Å²) >= 11 is 0. The Morgan fingerprint density at radius 3 is 1.96 bits per heavy atom. The number of carbonyl (C=O) groups is 2. The van der Waals surface area contributed by atoms with Gasteiger partial charge in [-0.2, -0.15) is 0 Å². The average Bonchev–Trinajstić information content (AvgIpc) is 2.98. The summed E-state index contributed by atoms with van der Waals surface area (Å²) in [6, 6.07) is 11.6. The van der Waals surface area contributed by atoms with Crippen LogP contribution in [0, 0.1) is 0 Å². The first-order valence-electron chi connectivity index (χ1n) is 8.68. The third-order valence-corrected chi connectivity index (χ3v) is 4.27. The zero-order valence-corrected chi connectivity index (χ0v) is 14.2. The largest absolute Gasteiger partial charge is 0.311 e. The van der Waals surface area contributed by atoms with Crippen molar-refractivity contribution in [2.75, 3.05) is 18.0 Å². The fourth-order valence-electron chi connectivity index (χ4n) is 2.96. The predicted molar refractivity (Wildman–Crippen MR) is 95.3 cm³/mol. The van der Waals surface area contributed by atoms with E-state index in [0.717, 1.165) is 37.4 Å². The second-order valence-electron chi connectivity index (χ2n) is 6.03. The van der Waals surface area contributed by atoms with Crippen molar-refractivity contribution in [1.29, 1.82) is 0 Å². The van der Waals surface area contributed by atoms with Gasteiger partial charge in [-0.1, -0.05) is 12.1 Å². The molecule has 1 fully saturated rings. The minimum absolute atomic E-state index is 0.0337. The van der Waals surface area contributed by atoms with Crippen molar-refractivity contribution in [2.45, 2.75) is 32.1 Å². The molecule has 0 N–H and O–H groups in total. The minimum Gasteiger partial charge on any atom is -0.311 e. The van der Waals surface area contributed by atoms with E-state index in [9.17, 15) is 9.59 Å². The van der Waals surface area contributed by atoms with Crippen LogP contribution in [0.5, 0.6) is 0 Å².